The maximum absolute atomic E-state index is 13.1. The molecule has 4 aromatic rings. The Kier molecular flexibility index (Phi) is 4.49. The largest absolute Gasteiger partial charge is 0.347 e. The van der Waals surface area contributed by atoms with E-state index in [0.717, 1.165) is 15.6 Å². The van der Waals surface area contributed by atoms with Crippen LogP contribution in [0.15, 0.2) is 58.1 Å². The van der Waals surface area contributed by atoms with Crippen LogP contribution >= 0.6 is 15.9 Å². The van der Waals surface area contributed by atoms with E-state index in [2.05, 4.69) is 31.1 Å². The van der Waals surface area contributed by atoms with Gasteiger partial charge >= 0.3 is 0 Å². The number of nitrogens with zero attached hydrogens (tertiary/aromatic N) is 6. The number of halogens is 1. The standard InChI is InChI=1S/C19H17BrN6O/c1-24(2)18-22-23-19-25(10-4-6-13-5-3-9-21-12-13)17(27)15-11-14(20)7-8-16(15)26(18)19/h3-9,11-12H,10H2,1-2H3. The molecule has 0 N–H and O–H groups in total. The molecule has 0 spiro atoms. The predicted octanol–water partition coefficient (Wildman–Crippen LogP) is 2.98. The molecule has 7 nitrogen and oxygen atoms in total. The summed E-state index contributed by atoms with van der Waals surface area (Å²) in [6.45, 7) is 0.380. The maximum Gasteiger partial charge on any atom is 0.263 e. The Morgan fingerprint density at radius 1 is 1.22 bits per heavy atom. The van der Waals surface area contributed by atoms with Crippen molar-refractivity contribution in [3.05, 3.63) is 69.2 Å². The molecule has 4 rings (SSSR count). The van der Waals surface area contributed by atoms with E-state index >= 15 is 0 Å². The van der Waals surface area contributed by atoms with E-state index in [4.69, 9.17) is 0 Å². The molecule has 0 atom stereocenters. The van der Waals surface area contributed by atoms with Crippen LogP contribution in [0.4, 0.5) is 5.95 Å². The fourth-order valence-electron chi connectivity index (χ4n) is 2.99. The van der Waals surface area contributed by atoms with Crippen molar-refractivity contribution in [2.45, 2.75) is 6.54 Å². The lowest BCUT2D eigenvalue weighted by Gasteiger charge is -2.13. The molecule has 27 heavy (non-hydrogen) atoms. The monoisotopic (exact) mass is 424 g/mol. The van der Waals surface area contributed by atoms with Crippen LogP contribution in [-0.4, -0.2) is 38.2 Å². The quantitative estimate of drug-likeness (QED) is 0.503. The minimum atomic E-state index is -0.104. The highest BCUT2D eigenvalue weighted by Crippen LogP contribution is 2.22. The molecule has 0 aliphatic carbocycles. The van der Waals surface area contributed by atoms with Crippen molar-refractivity contribution in [2.75, 3.05) is 19.0 Å². The molecule has 0 fully saturated rings. The predicted molar refractivity (Wildman–Crippen MR) is 110 cm³/mol. The number of hydrogen-bond donors (Lipinski definition) is 0. The first-order valence-corrected chi connectivity index (χ1v) is 9.16. The van der Waals surface area contributed by atoms with Crippen LogP contribution in [0.2, 0.25) is 0 Å². The Labute approximate surface area is 163 Å². The average molecular weight is 425 g/mol. The molecule has 8 heteroatoms. The topological polar surface area (TPSA) is 68.3 Å². The van der Waals surface area contributed by atoms with Crippen LogP contribution in [0.5, 0.6) is 0 Å². The van der Waals surface area contributed by atoms with Crippen molar-refractivity contribution >= 4 is 44.6 Å². The molecule has 0 aliphatic heterocycles. The molecule has 0 aliphatic rings. The van der Waals surface area contributed by atoms with E-state index in [-0.39, 0.29) is 5.56 Å². The highest BCUT2D eigenvalue weighted by molar-refractivity contribution is 9.10. The van der Waals surface area contributed by atoms with Gasteiger partial charge in [0, 0.05) is 37.5 Å². The van der Waals surface area contributed by atoms with Gasteiger partial charge in [0.15, 0.2) is 0 Å². The fraction of sp³-hybridized carbons (Fsp3) is 0.158. The zero-order valence-electron chi connectivity index (χ0n) is 14.9. The zero-order chi connectivity index (χ0) is 19.0. The lowest BCUT2D eigenvalue weighted by molar-refractivity contribution is 0.787. The van der Waals surface area contributed by atoms with Gasteiger partial charge in [-0.3, -0.25) is 14.3 Å². The highest BCUT2D eigenvalue weighted by Gasteiger charge is 2.17. The van der Waals surface area contributed by atoms with E-state index in [9.17, 15) is 4.79 Å². The third-order valence-electron chi connectivity index (χ3n) is 4.23. The van der Waals surface area contributed by atoms with Crippen molar-refractivity contribution < 1.29 is 0 Å². The molecule has 0 radical (unpaired) electrons. The third-order valence-corrected chi connectivity index (χ3v) is 4.72. The Hall–Kier alpha value is -3.00. The second-order valence-electron chi connectivity index (χ2n) is 6.30. The van der Waals surface area contributed by atoms with Gasteiger partial charge in [0.25, 0.3) is 5.56 Å². The lowest BCUT2D eigenvalue weighted by atomic mass is 10.2. The summed E-state index contributed by atoms with van der Waals surface area (Å²) >= 11 is 3.46. The number of benzene rings is 1. The van der Waals surface area contributed by atoms with Gasteiger partial charge in [0.2, 0.25) is 11.7 Å². The summed E-state index contributed by atoms with van der Waals surface area (Å²) in [6.07, 6.45) is 7.36. The molecule has 136 valence electrons. The van der Waals surface area contributed by atoms with Gasteiger partial charge in [-0.15, -0.1) is 10.2 Å². The number of allylic oxidation sites excluding steroid dienone is 1. The summed E-state index contributed by atoms with van der Waals surface area (Å²) in [6, 6.07) is 9.48. The summed E-state index contributed by atoms with van der Waals surface area (Å²) in [5.41, 5.74) is 1.65. The number of anilines is 1. The van der Waals surface area contributed by atoms with Gasteiger partial charge in [0.05, 0.1) is 10.9 Å². The third kappa shape index (κ3) is 3.12. The molecular weight excluding hydrogens is 408 g/mol. The van der Waals surface area contributed by atoms with E-state index < -0.39 is 0 Å². The van der Waals surface area contributed by atoms with Crippen molar-refractivity contribution in [1.29, 1.82) is 0 Å². The molecule has 0 amide bonds. The number of pyridine rings is 1. The lowest BCUT2D eigenvalue weighted by Crippen LogP contribution is -2.23. The summed E-state index contributed by atoms with van der Waals surface area (Å²) in [7, 11) is 3.80. The van der Waals surface area contributed by atoms with Crippen LogP contribution in [0, 0.1) is 0 Å². The van der Waals surface area contributed by atoms with E-state index in [1.807, 2.05) is 65.9 Å². The molecule has 3 aromatic heterocycles. The number of hydrogen-bond acceptors (Lipinski definition) is 5. The van der Waals surface area contributed by atoms with Gasteiger partial charge < -0.3 is 4.90 Å². The van der Waals surface area contributed by atoms with Gasteiger partial charge in [0.1, 0.15) is 0 Å². The van der Waals surface area contributed by atoms with E-state index in [0.29, 0.717) is 23.7 Å². The zero-order valence-corrected chi connectivity index (χ0v) is 16.5. The smallest absolute Gasteiger partial charge is 0.263 e. The summed E-state index contributed by atoms with van der Waals surface area (Å²) < 4.78 is 4.38. The van der Waals surface area contributed by atoms with Crippen molar-refractivity contribution in [1.82, 2.24) is 24.1 Å². The summed E-state index contributed by atoms with van der Waals surface area (Å²) in [5.74, 6) is 1.18. The molecule has 0 saturated heterocycles. The SMILES string of the molecule is CN(C)c1nnc2n(CC=Cc3cccnc3)c(=O)c3cc(Br)ccc3n12. The minimum Gasteiger partial charge on any atom is -0.347 e. The van der Waals surface area contributed by atoms with Crippen LogP contribution in [0.1, 0.15) is 5.56 Å². The van der Waals surface area contributed by atoms with Crippen LogP contribution in [0.3, 0.4) is 0 Å². The summed E-state index contributed by atoms with van der Waals surface area (Å²) in [5, 5.41) is 9.15. The molecule has 1 aromatic carbocycles. The van der Waals surface area contributed by atoms with Crippen LogP contribution in [0.25, 0.3) is 22.8 Å². The maximum atomic E-state index is 13.1. The number of rotatable bonds is 4. The Bertz CT molecular complexity index is 1210. The highest BCUT2D eigenvalue weighted by atomic mass is 79.9. The molecular formula is C19H17BrN6O. The first kappa shape index (κ1) is 17.4. The van der Waals surface area contributed by atoms with Crippen molar-refractivity contribution in [3.8, 4) is 0 Å². The molecule has 0 saturated carbocycles. The Morgan fingerprint density at radius 3 is 2.81 bits per heavy atom. The Balaban J connectivity index is 1.92. The van der Waals surface area contributed by atoms with Gasteiger partial charge in [-0.25, -0.2) is 4.40 Å². The molecule has 0 bridgehead atoms. The van der Waals surface area contributed by atoms with E-state index in [1.165, 1.54) is 0 Å². The molecule has 3 heterocycles. The van der Waals surface area contributed by atoms with E-state index in [1.54, 1.807) is 17.0 Å². The number of fused-ring (bicyclic) bond motifs is 3. The fourth-order valence-corrected chi connectivity index (χ4v) is 3.35. The first-order chi connectivity index (χ1) is 13.1. The van der Waals surface area contributed by atoms with Gasteiger partial charge in [-0.1, -0.05) is 34.1 Å². The van der Waals surface area contributed by atoms with Gasteiger partial charge in [-0.05, 0) is 29.8 Å². The van der Waals surface area contributed by atoms with Gasteiger partial charge in [-0.2, -0.15) is 0 Å². The average Bonchev–Trinajstić information content (AvgIpc) is 3.10. The second-order valence-corrected chi connectivity index (χ2v) is 7.21. The Morgan fingerprint density at radius 2 is 2.07 bits per heavy atom. The second kappa shape index (κ2) is 6.96. The van der Waals surface area contributed by atoms with Crippen LogP contribution < -0.4 is 10.5 Å². The van der Waals surface area contributed by atoms with Crippen molar-refractivity contribution in [3.63, 3.8) is 0 Å². The first-order valence-electron chi connectivity index (χ1n) is 8.37. The van der Waals surface area contributed by atoms with Crippen LogP contribution in [-0.2, 0) is 6.54 Å². The normalized spacial score (nSPS) is 11.7. The molecule has 0 unspecified atom stereocenters. The van der Waals surface area contributed by atoms with Crippen molar-refractivity contribution in [2.24, 2.45) is 0 Å². The number of aromatic nitrogens is 5. The summed E-state index contributed by atoms with van der Waals surface area (Å²) in [4.78, 5) is 19.1. The minimum absolute atomic E-state index is 0.104.